The standard InChI is InChI=1S/C6H9Si/c1-3-5-7-6-4-2/h3-4H,1,5H2,2H3. The molecule has 0 aliphatic heterocycles. The van der Waals surface area contributed by atoms with Gasteiger partial charge in [0, 0.05) is 0 Å². The number of rotatable bonds is 2. The van der Waals surface area contributed by atoms with Crippen LogP contribution in [0.5, 0.6) is 0 Å². The van der Waals surface area contributed by atoms with Gasteiger partial charge in [-0.15, -0.1) is 6.58 Å². The molecule has 0 rings (SSSR count). The summed E-state index contributed by atoms with van der Waals surface area (Å²) in [5.74, 6) is 0. The summed E-state index contributed by atoms with van der Waals surface area (Å²) in [5.41, 5.74) is 0. The highest BCUT2D eigenvalue weighted by molar-refractivity contribution is 6.45. The Kier molecular flexibility index (Phi) is 5.29. The largest absolute Gasteiger partial charge is 0.160 e. The first-order valence-electron chi connectivity index (χ1n) is 2.29. The molecular weight excluding hydrogens is 100 g/mol. The molecule has 37 valence electrons. The third-order valence-corrected chi connectivity index (χ3v) is 1.48. The molecular formula is C6H9Si. The SMILES string of the molecule is C=CC[Si]=C=CC. The van der Waals surface area contributed by atoms with E-state index in [1.54, 1.807) is 0 Å². The predicted octanol–water partition coefficient (Wildman–Crippen LogP) is 1.27. The van der Waals surface area contributed by atoms with Crippen molar-refractivity contribution in [2.45, 2.75) is 13.0 Å². The smallest absolute Gasteiger partial charge is 0.0872 e. The van der Waals surface area contributed by atoms with Gasteiger partial charge in [0.05, 0.1) is 9.13 Å². The lowest BCUT2D eigenvalue weighted by Crippen LogP contribution is -1.68. The van der Waals surface area contributed by atoms with Crippen molar-refractivity contribution in [2.24, 2.45) is 0 Å². The molecule has 0 aliphatic rings. The Morgan fingerprint density at radius 1 is 1.86 bits per heavy atom. The van der Waals surface area contributed by atoms with E-state index in [-0.39, 0.29) is 0 Å². The molecule has 0 saturated heterocycles. The lowest BCUT2D eigenvalue weighted by molar-refractivity contribution is 1.75. The number of allylic oxidation sites excluding steroid dienone is 2. The van der Waals surface area contributed by atoms with Crippen LogP contribution in [0, 0.1) is 0 Å². The van der Waals surface area contributed by atoms with Crippen LogP contribution < -0.4 is 0 Å². The first kappa shape index (κ1) is 6.61. The third kappa shape index (κ3) is 5.61. The van der Waals surface area contributed by atoms with E-state index < -0.39 is 0 Å². The van der Waals surface area contributed by atoms with E-state index in [1.165, 1.54) is 0 Å². The molecule has 0 fully saturated rings. The van der Waals surface area contributed by atoms with Crippen molar-refractivity contribution >= 4 is 14.5 Å². The van der Waals surface area contributed by atoms with Crippen LogP contribution in [0.3, 0.4) is 0 Å². The zero-order valence-corrected chi connectivity index (χ0v) is 5.57. The quantitative estimate of drug-likeness (QED) is 0.370. The second-order valence-corrected chi connectivity index (χ2v) is 2.15. The average molecular weight is 109 g/mol. The summed E-state index contributed by atoms with van der Waals surface area (Å²) in [6, 6.07) is 1.07. The van der Waals surface area contributed by atoms with Gasteiger partial charge in [0.2, 0.25) is 0 Å². The van der Waals surface area contributed by atoms with E-state index in [9.17, 15) is 0 Å². The highest BCUT2D eigenvalue weighted by Crippen LogP contribution is 1.67. The number of hydrogen-bond acceptors (Lipinski definition) is 0. The molecule has 0 aromatic rings. The third-order valence-electron chi connectivity index (χ3n) is 0.493. The maximum atomic E-state index is 3.59. The van der Waals surface area contributed by atoms with Crippen molar-refractivity contribution in [3.05, 3.63) is 18.7 Å². The molecule has 7 heavy (non-hydrogen) atoms. The van der Waals surface area contributed by atoms with Gasteiger partial charge in [-0.3, -0.25) is 0 Å². The minimum absolute atomic E-state index is 0.809. The molecule has 0 heterocycles. The highest BCUT2D eigenvalue weighted by Gasteiger charge is 1.60. The van der Waals surface area contributed by atoms with Crippen molar-refractivity contribution < 1.29 is 0 Å². The molecule has 0 N–H and O–H groups in total. The molecule has 0 aromatic carbocycles. The monoisotopic (exact) mass is 109 g/mol. The maximum Gasteiger partial charge on any atom is 0.0872 e. The Labute approximate surface area is 47.0 Å². The average Bonchev–Trinajstić information content (AvgIpc) is 1.69. The number of hydrogen-bond donors (Lipinski definition) is 0. The van der Waals surface area contributed by atoms with Crippen molar-refractivity contribution in [3.8, 4) is 0 Å². The molecule has 0 nitrogen and oxygen atoms in total. The van der Waals surface area contributed by atoms with Gasteiger partial charge >= 0.3 is 0 Å². The van der Waals surface area contributed by atoms with Gasteiger partial charge in [0.15, 0.2) is 0 Å². The molecule has 0 saturated carbocycles. The minimum Gasteiger partial charge on any atom is -0.160 e. The molecule has 0 amide bonds. The minimum atomic E-state index is 0.809. The van der Waals surface area contributed by atoms with Gasteiger partial charge in [-0.05, 0) is 13.0 Å². The lowest BCUT2D eigenvalue weighted by atomic mass is 10.8. The Morgan fingerprint density at radius 2 is 2.57 bits per heavy atom. The summed E-state index contributed by atoms with van der Waals surface area (Å²) in [6.07, 6.45) is 3.86. The first-order chi connectivity index (χ1) is 3.41. The van der Waals surface area contributed by atoms with Crippen LogP contribution in [0.25, 0.3) is 0 Å². The normalized spacial score (nSPS) is 6.43. The zero-order chi connectivity index (χ0) is 5.54. The van der Waals surface area contributed by atoms with E-state index in [2.05, 4.69) is 11.9 Å². The van der Waals surface area contributed by atoms with Gasteiger partial charge in [0.25, 0.3) is 0 Å². The van der Waals surface area contributed by atoms with Crippen molar-refractivity contribution in [3.63, 3.8) is 0 Å². The van der Waals surface area contributed by atoms with Crippen molar-refractivity contribution in [2.75, 3.05) is 0 Å². The fourth-order valence-electron chi connectivity index (χ4n) is 0.233. The van der Waals surface area contributed by atoms with E-state index in [1.807, 2.05) is 19.1 Å². The zero-order valence-electron chi connectivity index (χ0n) is 4.57. The van der Waals surface area contributed by atoms with E-state index in [0.717, 1.165) is 15.2 Å². The van der Waals surface area contributed by atoms with E-state index >= 15 is 0 Å². The molecule has 0 aromatic heterocycles. The van der Waals surface area contributed by atoms with Crippen LogP contribution in [-0.2, 0) is 0 Å². The molecule has 0 aliphatic carbocycles. The van der Waals surface area contributed by atoms with Crippen LogP contribution in [-0.4, -0.2) is 14.5 Å². The molecule has 0 unspecified atom stereocenters. The van der Waals surface area contributed by atoms with Gasteiger partial charge in [0.1, 0.15) is 0 Å². The second kappa shape index (κ2) is 5.61. The van der Waals surface area contributed by atoms with Crippen LogP contribution in [0.15, 0.2) is 18.7 Å². The Bertz CT molecular complexity index is 96.7. The summed E-state index contributed by atoms with van der Waals surface area (Å²) in [4.78, 5) is 0. The Hall–Kier alpha value is -0.393. The lowest BCUT2D eigenvalue weighted by Gasteiger charge is -1.65. The fraction of sp³-hybridized carbons (Fsp3) is 0.333. The topological polar surface area (TPSA) is 0 Å². The van der Waals surface area contributed by atoms with E-state index in [4.69, 9.17) is 0 Å². The molecule has 1 heteroatoms. The van der Waals surface area contributed by atoms with Crippen LogP contribution >= 0.6 is 0 Å². The summed E-state index contributed by atoms with van der Waals surface area (Å²) in [6.45, 7) is 5.57. The van der Waals surface area contributed by atoms with Crippen molar-refractivity contribution in [1.29, 1.82) is 0 Å². The Morgan fingerprint density at radius 3 is 3.00 bits per heavy atom. The summed E-state index contributed by atoms with van der Waals surface area (Å²) in [7, 11) is 0.809. The fourth-order valence-corrected chi connectivity index (χ4v) is 0.699. The van der Waals surface area contributed by atoms with Crippen LogP contribution in [0.2, 0.25) is 6.04 Å². The van der Waals surface area contributed by atoms with Crippen LogP contribution in [0.1, 0.15) is 6.92 Å². The Balaban J connectivity index is 3.27. The summed E-state index contributed by atoms with van der Waals surface area (Å²) in [5, 5.41) is 3.08. The highest BCUT2D eigenvalue weighted by atomic mass is 28.2. The molecule has 0 atom stereocenters. The second-order valence-electron chi connectivity index (χ2n) is 1.10. The maximum absolute atomic E-state index is 3.59. The summed E-state index contributed by atoms with van der Waals surface area (Å²) < 4.78 is 0. The molecule has 1 radical (unpaired) electrons. The van der Waals surface area contributed by atoms with Gasteiger partial charge < -0.3 is 0 Å². The predicted molar refractivity (Wildman–Crippen MR) is 36.0 cm³/mol. The van der Waals surface area contributed by atoms with E-state index in [0.29, 0.717) is 0 Å². The van der Waals surface area contributed by atoms with Gasteiger partial charge in [-0.2, -0.15) is 5.33 Å². The molecule has 0 bridgehead atoms. The van der Waals surface area contributed by atoms with Gasteiger partial charge in [-0.25, -0.2) is 0 Å². The van der Waals surface area contributed by atoms with Crippen molar-refractivity contribution in [1.82, 2.24) is 0 Å². The first-order valence-corrected chi connectivity index (χ1v) is 3.49. The van der Waals surface area contributed by atoms with Crippen LogP contribution in [0.4, 0.5) is 0 Å². The summed E-state index contributed by atoms with van der Waals surface area (Å²) >= 11 is 0. The molecule has 0 spiro atoms. The van der Waals surface area contributed by atoms with Gasteiger partial charge in [-0.1, -0.05) is 12.2 Å².